The topological polar surface area (TPSA) is 104 Å². The van der Waals surface area contributed by atoms with Crippen LogP contribution in [-0.2, 0) is 38.1 Å². The van der Waals surface area contributed by atoms with Crippen molar-refractivity contribution < 1.29 is 55.4 Å². The fourth-order valence-corrected chi connectivity index (χ4v) is 9.02. The molecule has 2 saturated heterocycles. The second-order valence-electron chi connectivity index (χ2n) is 13.3. The summed E-state index contributed by atoms with van der Waals surface area (Å²) in [6.07, 6.45) is -9.70. The summed E-state index contributed by atoms with van der Waals surface area (Å²) in [5.41, 5.74) is -3.26. The van der Waals surface area contributed by atoms with Gasteiger partial charge in [0.25, 0.3) is 11.8 Å². The number of likely N-dealkylation sites (tertiary alicyclic amines) is 1. The van der Waals surface area contributed by atoms with Crippen LogP contribution in [-0.4, -0.2) is 50.4 Å². The van der Waals surface area contributed by atoms with Gasteiger partial charge in [0, 0.05) is 24.6 Å². The van der Waals surface area contributed by atoms with E-state index in [1.165, 1.54) is 24.3 Å². The van der Waals surface area contributed by atoms with Crippen molar-refractivity contribution in [3.63, 3.8) is 0 Å². The van der Waals surface area contributed by atoms with Crippen LogP contribution in [0.1, 0.15) is 41.0 Å². The quantitative estimate of drug-likeness (QED) is 0.128. The third-order valence-electron chi connectivity index (χ3n) is 10.4. The summed E-state index contributed by atoms with van der Waals surface area (Å²) in [5, 5.41) is 11.4. The molecule has 2 aliphatic heterocycles. The molecule has 0 spiro atoms. The maximum Gasteiger partial charge on any atom is 0.416 e. The smallest absolute Gasteiger partial charge is 0.416 e. The van der Waals surface area contributed by atoms with Crippen molar-refractivity contribution in [1.29, 1.82) is 0 Å². The Kier molecular flexibility index (Phi) is 8.26. The van der Waals surface area contributed by atoms with Crippen LogP contribution in [0.15, 0.2) is 78.4 Å². The number of benzene rings is 3. The number of rotatable bonds is 5. The van der Waals surface area contributed by atoms with E-state index in [9.17, 15) is 50.6 Å². The number of aromatic hydroxyl groups is 1. The van der Waals surface area contributed by atoms with E-state index in [0.717, 1.165) is 17.5 Å². The maximum absolute atomic E-state index is 14.2. The van der Waals surface area contributed by atoms with Crippen LogP contribution in [0.4, 0.5) is 32.0 Å². The first-order valence-corrected chi connectivity index (χ1v) is 16.6. The van der Waals surface area contributed by atoms with E-state index in [2.05, 4.69) is 0 Å². The second-order valence-corrected chi connectivity index (χ2v) is 14.5. The molecule has 0 aromatic heterocycles. The number of carbonyl (C=O) groups excluding carboxylic acids is 4. The van der Waals surface area contributed by atoms with Gasteiger partial charge in [-0.1, -0.05) is 48.0 Å². The number of allylic oxidation sites excluding steroid dienone is 2. The van der Waals surface area contributed by atoms with Crippen molar-refractivity contribution in [2.75, 3.05) is 11.9 Å². The van der Waals surface area contributed by atoms with Gasteiger partial charge in [0.15, 0.2) is 9.75 Å². The average molecular weight is 768 g/mol. The standard InChI is InChI=1S/C36H26Cl2F6N2O6/c1-45-31(50)33(37)15-25-22(28(34(33,38)32(45)51)23-8-7-21(14-26(23)47)52-16-17-5-3-2-4-6-17)9-10-24-27(25)30(49)46(29(24)48)20-12-18(35(39,40)41)11-19(13-20)36(42,43)44/h2-9,11-14,24-25,27-28,47H,10,15-16H2,1H3/t24-,25+,27-,28+,33+,34-/m0/s1. The zero-order valence-corrected chi connectivity index (χ0v) is 28.3. The first kappa shape index (κ1) is 35.8. The molecule has 6 atom stereocenters. The third-order valence-corrected chi connectivity index (χ3v) is 11.8. The Balaban J connectivity index is 1.31. The van der Waals surface area contributed by atoms with Gasteiger partial charge in [-0.05, 0) is 48.6 Å². The van der Waals surface area contributed by atoms with Gasteiger partial charge in [0.05, 0.1) is 28.7 Å². The Morgan fingerprint density at radius 3 is 2.08 bits per heavy atom. The number of fused-ring (bicyclic) bond motifs is 4. The normalized spacial score (nSPS) is 28.8. The summed E-state index contributed by atoms with van der Waals surface area (Å²) in [6.45, 7) is 0.143. The highest BCUT2D eigenvalue weighted by molar-refractivity contribution is 6.53. The van der Waals surface area contributed by atoms with Gasteiger partial charge in [0.2, 0.25) is 11.8 Å². The Bertz CT molecular complexity index is 2040. The minimum absolute atomic E-state index is 0.0271. The summed E-state index contributed by atoms with van der Waals surface area (Å²) in [5.74, 6) is -9.38. The van der Waals surface area contributed by atoms with Gasteiger partial charge in [-0.2, -0.15) is 26.3 Å². The zero-order chi connectivity index (χ0) is 37.7. The molecule has 8 nitrogen and oxygen atoms in total. The highest BCUT2D eigenvalue weighted by Gasteiger charge is 2.76. The number of hydrogen-bond donors (Lipinski definition) is 1. The lowest BCUT2D eigenvalue weighted by atomic mass is 9.56. The number of amides is 4. The van der Waals surface area contributed by atoms with Crippen LogP contribution in [0.2, 0.25) is 0 Å². The molecule has 52 heavy (non-hydrogen) atoms. The van der Waals surface area contributed by atoms with E-state index in [1.807, 2.05) is 30.3 Å². The first-order valence-electron chi connectivity index (χ1n) is 15.9. The molecule has 3 aromatic rings. The molecular weight excluding hydrogens is 741 g/mol. The van der Waals surface area contributed by atoms with Crippen molar-refractivity contribution in [3.05, 3.63) is 101 Å². The van der Waals surface area contributed by atoms with Gasteiger partial charge >= 0.3 is 12.4 Å². The van der Waals surface area contributed by atoms with E-state index < -0.39 is 98.4 Å². The number of phenolic OH excluding ortho intramolecular Hbond substituents is 1. The summed E-state index contributed by atoms with van der Waals surface area (Å²) in [6, 6.07) is 13.8. The molecule has 2 heterocycles. The molecule has 2 aliphatic carbocycles. The van der Waals surface area contributed by atoms with Crippen molar-refractivity contribution >= 4 is 52.5 Å². The fraction of sp³-hybridized carbons (Fsp3) is 0.333. The zero-order valence-electron chi connectivity index (χ0n) is 26.8. The van der Waals surface area contributed by atoms with Crippen LogP contribution < -0.4 is 9.64 Å². The predicted molar refractivity (Wildman–Crippen MR) is 173 cm³/mol. The Morgan fingerprint density at radius 1 is 0.846 bits per heavy atom. The molecule has 0 unspecified atom stereocenters. The monoisotopic (exact) mass is 766 g/mol. The summed E-state index contributed by atoms with van der Waals surface area (Å²) < 4.78 is 88.2. The first-order chi connectivity index (χ1) is 24.3. The molecule has 4 aliphatic rings. The average Bonchev–Trinajstić information content (AvgIpc) is 3.42. The van der Waals surface area contributed by atoms with Crippen LogP contribution >= 0.6 is 23.2 Å². The number of imide groups is 2. The SMILES string of the molecule is CN1C(=O)[C@]2(Cl)C[C@@H]3C(=CC[C@@H]4C(=O)N(c5cc(C(F)(F)F)cc(C(F)(F)F)c5)C(=O)[C@@H]43)[C@H](c3ccc(OCc4ccccc4)cc3O)[C@]2(Cl)C1=O. The molecule has 7 rings (SSSR count). The largest absolute Gasteiger partial charge is 0.508 e. The lowest BCUT2D eigenvalue weighted by Crippen LogP contribution is -2.60. The minimum Gasteiger partial charge on any atom is -0.508 e. The van der Waals surface area contributed by atoms with Gasteiger partial charge in [-0.25, -0.2) is 4.90 Å². The number of ether oxygens (including phenoxy) is 1. The van der Waals surface area contributed by atoms with Gasteiger partial charge in [-0.3, -0.25) is 24.1 Å². The Morgan fingerprint density at radius 2 is 1.48 bits per heavy atom. The fourth-order valence-electron chi connectivity index (χ4n) is 8.01. The molecule has 3 fully saturated rings. The lowest BCUT2D eigenvalue weighted by Gasteiger charge is -2.50. The molecule has 0 bridgehead atoms. The summed E-state index contributed by atoms with van der Waals surface area (Å²) in [7, 11) is 1.16. The number of carbonyl (C=O) groups is 4. The molecule has 272 valence electrons. The van der Waals surface area contributed by atoms with E-state index in [1.54, 1.807) is 0 Å². The molecule has 1 N–H and O–H groups in total. The molecule has 3 aromatic carbocycles. The summed E-state index contributed by atoms with van der Waals surface area (Å²) in [4.78, 5) is 52.0. The predicted octanol–water partition coefficient (Wildman–Crippen LogP) is 7.20. The van der Waals surface area contributed by atoms with Crippen molar-refractivity contribution in [1.82, 2.24) is 4.90 Å². The van der Waals surface area contributed by atoms with Crippen molar-refractivity contribution in [3.8, 4) is 11.5 Å². The number of anilines is 1. The van der Waals surface area contributed by atoms with Crippen molar-refractivity contribution in [2.24, 2.45) is 17.8 Å². The number of halogens is 8. The number of nitrogens with zero attached hydrogens (tertiary/aromatic N) is 2. The van der Waals surface area contributed by atoms with Gasteiger partial charge in [-0.15, -0.1) is 23.2 Å². The number of hydrogen-bond acceptors (Lipinski definition) is 6. The molecule has 16 heteroatoms. The van der Waals surface area contributed by atoms with Crippen LogP contribution in [0.3, 0.4) is 0 Å². The maximum atomic E-state index is 14.2. The molecule has 4 amide bonds. The third kappa shape index (κ3) is 5.27. The molecular formula is C36H26Cl2F6N2O6. The van der Waals surface area contributed by atoms with Gasteiger partial charge in [0.1, 0.15) is 18.1 Å². The Labute approximate surface area is 301 Å². The van der Waals surface area contributed by atoms with E-state index >= 15 is 0 Å². The van der Waals surface area contributed by atoms with Crippen LogP contribution in [0, 0.1) is 17.8 Å². The number of alkyl halides is 8. The van der Waals surface area contributed by atoms with Crippen LogP contribution in [0.5, 0.6) is 11.5 Å². The lowest BCUT2D eigenvalue weighted by molar-refractivity contribution is -0.143. The molecule has 0 radical (unpaired) electrons. The highest BCUT2D eigenvalue weighted by atomic mass is 35.5. The van der Waals surface area contributed by atoms with E-state index in [-0.39, 0.29) is 36.0 Å². The number of phenols is 1. The van der Waals surface area contributed by atoms with Gasteiger partial charge < -0.3 is 9.84 Å². The van der Waals surface area contributed by atoms with Crippen LogP contribution in [0.25, 0.3) is 0 Å². The Hall–Kier alpha value is -4.56. The molecule has 1 saturated carbocycles. The summed E-state index contributed by atoms with van der Waals surface area (Å²) >= 11 is 14.2. The van der Waals surface area contributed by atoms with Crippen molar-refractivity contribution in [2.45, 2.75) is 47.5 Å². The van der Waals surface area contributed by atoms with E-state index in [4.69, 9.17) is 27.9 Å². The highest BCUT2D eigenvalue weighted by Crippen LogP contribution is 2.66. The minimum atomic E-state index is -5.25. The second kappa shape index (κ2) is 12.0. The van der Waals surface area contributed by atoms with E-state index in [0.29, 0.717) is 17.0 Å².